The Morgan fingerprint density at radius 3 is 2.29 bits per heavy atom. The molecule has 2 rings (SSSR count). The SMILES string of the molecule is COc1cc(CCC(=O)OCC(=O)N(C)Cc2cccs2)cc(OC)c1OC. The number of benzene rings is 1. The van der Waals surface area contributed by atoms with Gasteiger partial charge in [-0.15, -0.1) is 11.3 Å². The summed E-state index contributed by atoms with van der Waals surface area (Å²) in [5, 5.41) is 1.96. The zero-order valence-electron chi connectivity index (χ0n) is 16.5. The lowest BCUT2D eigenvalue weighted by molar-refractivity contribution is -0.151. The fourth-order valence-corrected chi connectivity index (χ4v) is 3.33. The van der Waals surface area contributed by atoms with Crippen molar-refractivity contribution in [3.63, 3.8) is 0 Å². The second-order valence-corrected chi connectivity index (χ2v) is 7.06. The smallest absolute Gasteiger partial charge is 0.306 e. The first-order valence-electron chi connectivity index (χ1n) is 8.69. The Hall–Kier alpha value is -2.74. The van der Waals surface area contributed by atoms with Gasteiger partial charge in [-0.2, -0.15) is 0 Å². The highest BCUT2D eigenvalue weighted by Gasteiger charge is 2.16. The molecule has 1 aromatic carbocycles. The lowest BCUT2D eigenvalue weighted by Crippen LogP contribution is -2.30. The maximum absolute atomic E-state index is 12.1. The van der Waals surface area contributed by atoms with E-state index in [2.05, 4.69) is 0 Å². The fourth-order valence-electron chi connectivity index (χ4n) is 2.58. The quantitative estimate of drug-likeness (QED) is 0.564. The minimum absolute atomic E-state index is 0.139. The molecule has 0 fully saturated rings. The zero-order chi connectivity index (χ0) is 20.5. The molecule has 0 spiro atoms. The van der Waals surface area contributed by atoms with Crippen molar-refractivity contribution in [2.24, 2.45) is 0 Å². The second-order valence-electron chi connectivity index (χ2n) is 6.02. The maximum atomic E-state index is 12.1. The molecule has 0 atom stereocenters. The minimum Gasteiger partial charge on any atom is -0.493 e. The molecule has 0 aliphatic rings. The molecule has 0 radical (unpaired) electrons. The summed E-state index contributed by atoms with van der Waals surface area (Å²) in [5.41, 5.74) is 0.840. The number of esters is 1. The lowest BCUT2D eigenvalue weighted by atomic mass is 10.1. The van der Waals surface area contributed by atoms with Crippen molar-refractivity contribution in [2.75, 3.05) is 35.0 Å². The largest absolute Gasteiger partial charge is 0.493 e. The van der Waals surface area contributed by atoms with Gasteiger partial charge in [-0.25, -0.2) is 0 Å². The van der Waals surface area contributed by atoms with Gasteiger partial charge in [-0.3, -0.25) is 9.59 Å². The monoisotopic (exact) mass is 407 g/mol. The molecule has 0 aliphatic carbocycles. The molecule has 1 aromatic heterocycles. The summed E-state index contributed by atoms with van der Waals surface area (Å²) >= 11 is 1.58. The van der Waals surface area contributed by atoms with Crippen LogP contribution in [0.25, 0.3) is 0 Å². The molecule has 2 aromatic rings. The minimum atomic E-state index is -0.438. The molecule has 28 heavy (non-hydrogen) atoms. The fraction of sp³-hybridized carbons (Fsp3) is 0.400. The predicted octanol–water partition coefficient (Wildman–Crippen LogP) is 2.91. The number of amides is 1. The molecule has 0 N–H and O–H groups in total. The standard InChI is InChI=1S/C20H25NO6S/c1-21(12-15-6-5-9-28-15)18(22)13-27-19(23)8-7-14-10-16(24-2)20(26-4)17(11-14)25-3/h5-6,9-11H,7-8,12-13H2,1-4H3. The van der Waals surface area contributed by atoms with E-state index < -0.39 is 5.97 Å². The molecule has 0 bridgehead atoms. The van der Waals surface area contributed by atoms with Crippen molar-refractivity contribution in [1.82, 2.24) is 4.90 Å². The van der Waals surface area contributed by atoms with Gasteiger partial charge in [0.1, 0.15) is 0 Å². The number of likely N-dealkylation sites (N-methyl/N-ethyl adjacent to an activating group) is 1. The van der Waals surface area contributed by atoms with Crippen LogP contribution in [-0.4, -0.2) is 51.8 Å². The van der Waals surface area contributed by atoms with Crippen LogP contribution in [0, 0.1) is 0 Å². The van der Waals surface area contributed by atoms with Crippen molar-refractivity contribution >= 4 is 23.2 Å². The number of thiophene rings is 1. The third-order valence-corrected chi connectivity index (χ3v) is 4.96. The molecule has 0 unspecified atom stereocenters. The first-order chi connectivity index (χ1) is 13.5. The van der Waals surface area contributed by atoms with Crippen LogP contribution in [-0.2, 0) is 27.3 Å². The van der Waals surface area contributed by atoms with Crippen LogP contribution in [0.3, 0.4) is 0 Å². The Morgan fingerprint density at radius 1 is 1.07 bits per heavy atom. The summed E-state index contributed by atoms with van der Waals surface area (Å²) < 4.78 is 21.0. The summed E-state index contributed by atoms with van der Waals surface area (Å²) in [7, 11) is 6.29. The number of hydrogen-bond acceptors (Lipinski definition) is 7. The first-order valence-corrected chi connectivity index (χ1v) is 9.57. The zero-order valence-corrected chi connectivity index (χ0v) is 17.3. The highest BCUT2D eigenvalue weighted by atomic mass is 32.1. The van der Waals surface area contributed by atoms with E-state index in [0.717, 1.165) is 10.4 Å². The molecule has 152 valence electrons. The molecular weight excluding hydrogens is 382 g/mol. The van der Waals surface area contributed by atoms with Crippen LogP contribution in [0.2, 0.25) is 0 Å². The van der Waals surface area contributed by atoms with E-state index in [1.54, 1.807) is 30.5 Å². The van der Waals surface area contributed by atoms with Crippen molar-refractivity contribution < 1.29 is 28.5 Å². The summed E-state index contributed by atoms with van der Waals surface area (Å²) in [6, 6.07) is 7.46. The first kappa shape index (κ1) is 21.6. The van der Waals surface area contributed by atoms with E-state index in [1.807, 2.05) is 17.5 Å². The third-order valence-electron chi connectivity index (χ3n) is 4.10. The van der Waals surface area contributed by atoms with Crippen molar-refractivity contribution in [3.8, 4) is 17.2 Å². The van der Waals surface area contributed by atoms with Crippen molar-refractivity contribution in [1.29, 1.82) is 0 Å². The highest BCUT2D eigenvalue weighted by molar-refractivity contribution is 7.09. The van der Waals surface area contributed by atoms with E-state index in [1.165, 1.54) is 26.2 Å². The van der Waals surface area contributed by atoms with Gasteiger partial charge < -0.3 is 23.8 Å². The topological polar surface area (TPSA) is 74.3 Å². The number of methoxy groups -OCH3 is 3. The van der Waals surface area contributed by atoms with Gasteiger partial charge in [0.05, 0.1) is 27.9 Å². The lowest BCUT2D eigenvalue weighted by Gasteiger charge is -2.16. The van der Waals surface area contributed by atoms with Crippen LogP contribution in [0.1, 0.15) is 16.9 Å². The molecular formula is C20H25NO6S. The van der Waals surface area contributed by atoms with Gasteiger partial charge in [0, 0.05) is 18.3 Å². The van der Waals surface area contributed by atoms with Gasteiger partial charge in [-0.05, 0) is 35.6 Å². The number of carbonyl (C=O) groups is 2. The Morgan fingerprint density at radius 2 is 1.75 bits per heavy atom. The molecule has 1 heterocycles. The van der Waals surface area contributed by atoms with E-state index >= 15 is 0 Å². The van der Waals surface area contributed by atoms with E-state index in [0.29, 0.717) is 30.2 Å². The molecule has 0 saturated heterocycles. The number of hydrogen-bond donors (Lipinski definition) is 0. The third kappa shape index (κ3) is 5.88. The number of ether oxygens (including phenoxy) is 4. The summed E-state index contributed by atoms with van der Waals surface area (Å²) in [6.07, 6.45) is 0.565. The predicted molar refractivity (Wildman–Crippen MR) is 106 cm³/mol. The van der Waals surface area contributed by atoms with Crippen LogP contribution in [0.15, 0.2) is 29.6 Å². The van der Waals surface area contributed by atoms with E-state index in [-0.39, 0.29) is 18.9 Å². The van der Waals surface area contributed by atoms with Gasteiger partial charge in [0.2, 0.25) is 5.75 Å². The van der Waals surface area contributed by atoms with Gasteiger partial charge in [0.25, 0.3) is 5.91 Å². The van der Waals surface area contributed by atoms with Crippen LogP contribution < -0.4 is 14.2 Å². The number of rotatable bonds is 10. The molecule has 7 nitrogen and oxygen atoms in total. The van der Waals surface area contributed by atoms with Crippen LogP contribution >= 0.6 is 11.3 Å². The van der Waals surface area contributed by atoms with Crippen LogP contribution in [0.4, 0.5) is 0 Å². The number of nitrogens with zero attached hydrogens (tertiary/aromatic N) is 1. The molecule has 1 amide bonds. The van der Waals surface area contributed by atoms with Crippen LogP contribution in [0.5, 0.6) is 17.2 Å². The Balaban J connectivity index is 1.84. The molecule has 0 saturated carbocycles. The Kier molecular flexibility index (Phi) is 8.13. The van der Waals surface area contributed by atoms with E-state index in [4.69, 9.17) is 18.9 Å². The Bertz CT molecular complexity index is 765. The number of carbonyl (C=O) groups excluding carboxylic acids is 2. The maximum Gasteiger partial charge on any atom is 0.306 e. The van der Waals surface area contributed by atoms with Gasteiger partial charge >= 0.3 is 5.97 Å². The van der Waals surface area contributed by atoms with Gasteiger partial charge in [-0.1, -0.05) is 6.07 Å². The molecule has 0 aliphatic heterocycles. The summed E-state index contributed by atoms with van der Waals surface area (Å²) in [6.45, 7) is 0.232. The Labute approximate surface area is 168 Å². The highest BCUT2D eigenvalue weighted by Crippen LogP contribution is 2.38. The van der Waals surface area contributed by atoms with Crippen molar-refractivity contribution in [2.45, 2.75) is 19.4 Å². The average Bonchev–Trinajstić information content (AvgIpc) is 3.22. The summed E-state index contributed by atoms with van der Waals surface area (Å²) in [4.78, 5) is 26.7. The summed E-state index contributed by atoms with van der Waals surface area (Å²) in [5.74, 6) is 0.864. The average molecular weight is 407 g/mol. The molecule has 8 heteroatoms. The normalized spacial score (nSPS) is 10.3. The van der Waals surface area contributed by atoms with E-state index in [9.17, 15) is 9.59 Å². The number of aryl methyl sites for hydroxylation is 1. The second kappa shape index (κ2) is 10.6. The van der Waals surface area contributed by atoms with Crippen molar-refractivity contribution in [3.05, 3.63) is 40.1 Å². The van der Waals surface area contributed by atoms with Gasteiger partial charge in [0.15, 0.2) is 18.1 Å².